The number of rotatable bonds is 3. The topological polar surface area (TPSA) is 66.9 Å². The van der Waals surface area contributed by atoms with Gasteiger partial charge in [0.05, 0.1) is 6.07 Å². The van der Waals surface area contributed by atoms with Crippen molar-refractivity contribution in [1.82, 2.24) is 0 Å². The number of hydrogen-bond donors (Lipinski definition) is 1. The Labute approximate surface area is 91.6 Å². The van der Waals surface area contributed by atoms with Crippen LogP contribution in [0.5, 0.6) is 0 Å². The van der Waals surface area contributed by atoms with Gasteiger partial charge in [0.15, 0.2) is 0 Å². The highest BCUT2D eigenvalue weighted by molar-refractivity contribution is 5.80. The Hall–Kier alpha value is -1.04. The predicted molar refractivity (Wildman–Crippen MR) is 58.6 cm³/mol. The van der Waals surface area contributed by atoms with Crippen LogP contribution in [0.2, 0.25) is 0 Å². The Morgan fingerprint density at radius 2 is 1.87 bits per heavy atom. The third-order valence-corrected chi connectivity index (χ3v) is 4.72. The fourth-order valence-corrected chi connectivity index (χ4v) is 2.84. The molecule has 0 aromatic rings. The van der Waals surface area contributed by atoms with Crippen LogP contribution in [0.25, 0.3) is 0 Å². The van der Waals surface area contributed by atoms with Crippen molar-refractivity contribution in [2.24, 2.45) is 27.9 Å². The summed E-state index contributed by atoms with van der Waals surface area (Å²) < 4.78 is 0. The lowest BCUT2D eigenvalue weighted by molar-refractivity contribution is -0.124. The molecule has 1 aliphatic rings. The number of nitrogens with two attached hydrogens (primary N) is 1. The lowest BCUT2D eigenvalue weighted by atomic mass is 9.65. The number of hydrogen-bond acceptors (Lipinski definition) is 2. The van der Waals surface area contributed by atoms with Crippen LogP contribution >= 0.6 is 0 Å². The molecule has 1 rings (SSSR count). The minimum Gasteiger partial charge on any atom is -0.369 e. The first-order valence-corrected chi connectivity index (χ1v) is 5.29. The second-order valence-corrected chi connectivity index (χ2v) is 6.08. The second-order valence-electron chi connectivity index (χ2n) is 6.08. The summed E-state index contributed by atoms with van der Waals surface area (Å²) in [5, 5.41) is 9.04. The highest BCUT2D eigenvalue weighted by atomic mass is 16.1. The van der Waals surface area contributed by atoms with E-state index in [1.54, 1.807) is 0 Å². The predicted octanol–water partition coefficient (Wildman–Crippen LogP) is 2.07. The van der Waals surface area contributed by atoms with Crippen molar-refractivity contribution in [2.75, 3.05) is 0 Å². The standard InChI is InChI=1S/C12H20N2O/c1-10(2)7-12(10,5)11(3,4)8(6-13)9(14)15/h8H,7H2,1-5H3,(H2,14,15). The average molecular weight is 208 g/mol. The molecule has 2 N–H and O–H groups in total. The van der Waals surface area contributed by atoms with E-state index in [2.05, 4.69) is 26.8 Å². The normalized spacial score (nSPS) is 30.4. The van der Waals surface area contributed by atoms with Crippen LogP contribution < -0.4 is 5.73 Å². The van der Waals surface area contributed by atoms with Crippen molar-refractivity contribution >= 4 is 5.91 Å². The van der Waals surface area contributed by atoms with Crippen LogP contribution in [0, 0.1) is 33.5 Å². The van der Waals surface area contributed by atoms with E-state index in [1.165, 1.54) is 0 Å². The van der Waals surface area contributed by atoms with Gasteiger partial charge in [0.2, 0.25) is 5.91 Å². The van der Waals surface area contributed by atoms with Crippen LogP contribution in [0.1, 0.15) is 41.0 Å². The van der Waals surface area contributed by atoms with Crippen LogP contribution in [0.4, 0.5) is 0 Å². The molecular formula is C12H20N2O. The molecule has 0 radical (unpaired) electrons. The number of amides is 1. The first kappa shape index (κ1) is 12.0. The summed E-state index contributed by atoms with van der Waals surface area (Å²) in [4.78, 5) is 11.3. The second kappa shape index (κ2) is 2.98. The third-order valence-electron chi connectivity index (χ3n) is 4.72. The fourth-order valence-electron chi connectivity index (χ4n) is 2.84. The molecule has 0 aliphatic heterocycles. The Morgan fingerprint density at radius 3 is 2.07 bits per heavy atom. The molecule has 15 heavy (non-hydrogen) atoms. The molecule has 3 heteroatoms. The van der Waals surface area contributed by atoms with Gasteiger partial charge in [0.1, 0.15) is 5.92 Å². The highest BCUT2D eigenvalue weighted by Crippen LogP contribution is 2.72. The minimum absolute atomic E-state index is 0.0232. The van der Waals surface area contributed by atoms with E-state index in [4.69, 9.17) is 11.0 Å². The van der Waals surface area contributed by atoms with Crippen LogP contribution in [0.15, 0.2) is 0 Å². The molecule has 0 aromatic carbocycles. The van der Waals surface area contributed by atoms with Gasteiger partial charge in [-0.05, 0) is 22.7 Å². The van der Waals surface area contributed by atoms with Crippen molar-refractivity contribution in [2.45, 2.75) is 41.0 Å². The van der Waals surface area contributed by atoms with Gasteiger partial charge in [0, 0.05) is 0 Å². The van der Waals surface area contributed by atoms with E-state index >= 15 is 0 Å². The van der Waals surface area contributed by atoms with E-state index in [-0.39, 0.29) is 16.2 Å². The molecule has 1 aliphatic carbocycles. The minimum atomic E-state index is -0.704. The summed E-state index contributed by atoms with van der Waals surface area (Å²) in [6, 6.07) is 2.05. The molecule has 84 valence electrons. The largest absolute Gasteiger partial charge is 0.369 e. The van der Waals surface area contributed by atoms with E-state index in [0.717, 1.165) is 6.42 Å². The Kier molecular flexibility index (Phi) is 2.39. The number of nitriles is 1. The number of primary amides is 1. The fraction of sp³-hybridized carbons (Fsp3) is 0.833. The summed E-state index contributed by atoms with van der Waals surface area (Å²) in [6.07, 6.45) is 1.04. The van der Waals surface area contributed by atoms with Crippen molar-refractivity contribution in [1.29, 1.82) is 5.26 Å². The zero-order valence-electron chi connectivity index (χ0n) is 10.2. The van der Waals surface area contributed by atoms with E-state index in [9.17, 15) is 4.79 Å². The monoisotopic (exact) mass is 208 g/mol. The van der Waals surface area contributed by atoms with Gasteiger partial charge in [0.25, 0.3) is 0 Å². The number of carbonyl (C=O) groups excluding carboxylic acids is 1. The Balaban J connectivity index is 3.04. The zero-order chi connectivity index (χ0) is 12.1. The molecule has 0 spiro atoms. The quantitative estimate of drug-likeness (QED) is 0.771. The zero-order valence-corrected chi connectivity index (χ0v) is 10.2. The maximum atomic E-state index is 11.3. The smallest absolute Gasteiger partial charge is 0.235 e. The average Bonchev–Trinajstić information content (AvgIpc) is 2.52. The molecule has 0 heterocycles. The first-order chi connectivity index (χ1) is 6.60. The van der Waals surface area contributed by atoms with Gasteiger partial charge in [-0.1, -0.05) is 34.6 Å². The number of carbonyl (C=O) groups is 1. The molecule has 2 atom stereocenters. The molecule has 0 saturated heterocycles. The van der Waals surface area contributed by atoms with Gasteiger partial charge < -0.3 is 5.73 Å². The SMILES string of the molecule is CC1(C)CC1(C)C(C)(C)C(C#N)C(N)=O. The lowest BCUT2D eigenvalue weighted by Gasteiger charge is -2.37. The molecule has 2 unspecified atom stereocenters. The van der Waals surface area contributed by atoms with E-state index in [0.29, 0.717) is 0 Å². The number of nitrogens with zero attached hydrogens (tertiary/aromatic N) is 1. The maximum Gasteiger partial charge on any atom is 0.235 e. The molecule has 1 fully saturated rings. The maximum absolute atomic E-state index is 11.3. The summed E-state index contributed by atoms with van der Waals surface area (Å²) in [7, 11) is 0. The first-order valence-electron chi connectivity index (χ1n) is 5.29. The van der Waals surface area contributed by atoms with Crippen LogP contribution in [-0.4, -0.2) is 5.91 Å². The molecular weight excluding hydrogens is 188 g/mol. The third kappa shape index (κ3) is 1.43. The Bertz CT molecular complexity index is 338. The van der Waals surface area contributed by atoms with Gasteiger partial charge >= 0.3 is 0 Å². The summed E-state index contributed by atoms with van der Waals surface area (Å²) >= 11 is 0. The van der Waals surface area contributed by atoms with Crippen molar-refractivity contribution in [3.63, 3.8) is 0 Å². The molecule has 0 aromatic heterocycles. The van der Waals surface area contributed by atoms with Gasteiger partial charge in [-0.2, -0.15) is 5.26 Å². The van der Waals surface area contributed by atoms with E-state index < -0.39 is 11.8 Å². The van der Waals surface area contributed by atoms with Crippen molar-refractivity contribution in [3.05, 3.63) is 0 Å². The van der Waals surface area contributed by atoms with E-state index in [1.807, 2.05) is 13.8 Å². The Morgan fingerprint density at radius 1 is 1.47 bits per heavy atom. The highest BCUT2D eigenvalue weighted by Gasteiger charge is 2.67. The summed E-state index contributed by atoms with van der Waals surface area (Å²) in [5.41, 5.74) is 5.14. The van der Waals surface area contributed by atoms with Gasteiger partial charge in [-0.3, -0.25) is 4.79 Å². The molecule has 1 amide bonds. The van der Waals surface area contributed by atoms with Gasteiger partial charge in [-0.15, -0.1) is 0 Å². The van der Waals surface area contributed by atoms with Crippen LogP contribution in [0.3, 0.4) is 0 Å². The molecule has 3 nitrogen and oxygen atoms in total. The van der Waals surface area contributed by atoms with Crippen LogP contribution in [-0.2, 0) is 4.79 Å². The summed E-state index contributed by atoms with van der Waals surface area (Å²) in [6.45, 7) is 10.4. The summed E-state index contributed by atoms with van der Waals surface area (Å²) in [5.74, 6) is -1.21. The van der Waals surface area contributed by atoms with Crippen molar-refractivity contribution < 1.29 is 4.79 Å². The van der Waals surface area contributed by atoms with Crippen molar-refractivity contribution in [3.8, 4) is 6.07 Å². The lowest BCUT2D eigenvalue weighted by Crippen LogP contribution is -2.41. The molecule has 1 saturated carbocycles. The molecule has 0 bridgehead atoms. The van der Waals surface area contributed by atoms with Gasteiger partial charge in [-0.25, -0.2) is 0 Å².